The van der Waals surface area contributed by atoms with E-state index in [9.17, 15) is 28.1 Å². The molecule has 0 radical (unpaired) electrons. The van der Waals surface area contributed by atoms with Crippen LogP contribution < -0.4 is 9.62 Å². The Morgan fingerprint density at radius 1 is 1.00 bits per heavy atom. The van der Waals surface area contributed by atoms with Gasteiger partial charge in [-0.25, -0.2) is 13.2 Å². The van der Waals surface area contributed by atoms with E-state index in [1.165, 1.54) is 55.6 Å². The molecule has 1 amide bonds. The Kier molecular flexibility index (Phi) is 7.04. The molecule has 3 aromatic carbocycles. The lowest BCUT2D eigenvalue weighted by molar-refractivity contribution is -0.384. The summed E-state index contributed by atoms with van der Waals surface area (Å²) in [5.41, 5.74) is 0.523. The van der Waals surface area contributed by atoms with Gasteiger partial charge in [0.15, 0.2) is 6.61 Å². The molecule has 0 aliphatic carbocycles. The number of carbonyl (C=O) groups is 2. The summed E-state index contributed by atoms with van der Waals surface area (Å²) in [6.45, 7) is -0.627. The van der Waals surface area contributed by atoms with Gasteiger partial charge in [-0.05, 0) is 42.5 Å². The Morgan fingerprint density at radius 2 is 1.67 bits per heavy atom. The van der Waals surface area contributed by atoms with Crippen molar-refractivity contribution >= 4 is 39.0 Å². The summed E-state index contributed by atoms with van der Waals surface area (Å²) in [4.78, 5) is 34.4. The summed E-state index contributed by atoms with van der Waals surface area (Å²) in [7, 11) is -2.41. The van der Waals surface area contributed by atoms with Crippen LogP contribution in [0.4, 0.5) is 17.1 Å². The minimum atomic E-state index is -3.84. The maximum atomic E-state index is 12.8. The Bertz CT molecular complexity index is 1280. The first-order chi connectivity index (χ1) is 15.7. The van der Waals surface area contributed by atoms with Gasteiger partial charge in [-0.2, -0.15) is 0 Å². The summed E-state index contributed by atoms with van der Waals surface area (Å²) in [5.74, 6) is -1.52. The van der Waals surface area contributed by atoms with Gasteiger partial charge >= 0.3 is 5.97 Å². The van der Waals surface area contributed by atoms with Gasteiger partial charge in [0.05, 0.1) is 21.1 Å². The molecule has 11 heteroatoms. The van der Waals surface area contributed by atoms with Gasteiger partial charge in [-0.3, -0.25) is 19.2 Å². The molecule has 0 unspecified atom stereocenters. The van der Waals surface area contributed by atoms with Crippen molar-refractivity contribution in [2.45, 2.75) is 4.90 Å². The number of non-ortho nitro benzene ring substituents is 1. The molecule has 3 aromatic rings. The first-order valence-corrected chi connectivity index (χ1v) is 11.0. The van der Waals surface area contributed by atoms with E-state index >= 15 is 0 Å². The predicted molar refractivity (Wildman–Crippen MR) is 120 cm³/mol. The first kappa shape index (κ1) is 23.4. The number of ether oxygens (including phenoxy) is 1. The summed E-state index contributed by atoms with van der Waals surface area (Å²) in [6.07, 6.45) is 0. The van der Waals surface area contributed by atoms with E-state index in [0.717, 1.165) is 4.31 Å². The lowest BCUT2D eigenvalue weighted by Gasteiger charge is -2.19. The number of anilines is 2. The van der Waals surface area contributed by atoms with Gasteiger partial charge in [-0.1, -0.05) is 24.3 Å². The second kappa shape index (κ2) is 9.92. The summed E-state index contributed by atoms with van der Waals surface area (Å²) in [6, 6.07) is 18.9. The van der Waals surface area contributed by atoms with Gasteiger partial charge in [0, 0.05) is 24.9 Å². The van der Waals surface area contributed by atoms with Crippen molar-refractivity contribution in [3.63, 3.8) is 0 Å². The molecule has 10 nitrogen and oxygen atoms in total. The van der Waals surface area contributed by atoms with Crippen molar-refractivity contribution in [3.05, 3.63) is 94.5 Å². The Hall–Kier alpha value is -4.25. The zero-order valence-electron chi connectivity index (χ0n) is 17.4. The molecular weight excluding hydrogens is 450 g/mol. The van der Waals surface area contributed by atoms with Crippen molar-refractivity contribution in [1.29, 1.82) is 0 Å². The Morgan fingerprint density at radius 3 is 2.30 bits per heavy atom. The summed E-state index contributed by atoms with van der Waals surface area (Å²) < 4.78 is 31.6. The maximum Gasteiger partial charge on any atom is 0.338 e. The number of amides is 1. The van der Waals surface area contributed by atoms with Crippen LogP contribution in [-0.4, -0.2) is 38.9 Å². The SMILES string of the molecule is CN(c1ccccc1)S(=O)(=O)c1ccc(C(=O)OCC(=O)Nc2cccc([N+](=O)[O-])c2)cc1. The smallest absolute Gasteiger partial charge is 0.338 e. The van der Waals surface area contributed by atoms with Crippen LogP contribution in [0.25, 0.3) is 0 Å². The number of nitro groups is 1. The van der Waals surface area contributed by atoms with Crippen LogP contribution in [0.2, 0.25) is 0 Å². The quantitative estimate of drug-likeness (QED) is 0.304. The van der Waals surface area contributed by atoms with E-state index in [0.29, 0.717) is 5.69 Å². The van der Waals surface area contributed by atoms with Gasteiger partial charge in [0.1, 0.15) is 0 Å². The highest BCUT2D eigenvalue weighted by molar-refractivity contribution is 7.92. The second-order valence-corrected chi connectivity index (χ2v) is 8.73. The number of para-hydroxylation sites is 1. The molecule has 3 rings (SSSR count). The van der Waals surface area contributed by atoms with E-state index in [4.69, 9.17) is 4.74 Å². The van der Waals surface area contributed by atoms with E-state index in [-0.39, 0.29) is 21.8 Å². The average Bonchev–Trinajstić information content (AvgIpc) is 2.82. The van der Waals surface area contributed by atoms with E-state index in [2.05, 4.69) is 5.32 Å². The van der Waals surface area contributed by atoms with Crippen LogP contribution in [0.1, 0.15) is 10.4 Å². The fraction of sp³-hybridized carbons (Fsp3) is 0.0909. The van der Waals surface area contributed by atoms with E-state index in [1.807, 2.05) is 0 Å². The van der Waals surface area contributed by atoms with Crippen LogP contribution in [0.15, 0.2) is 83.8 Å². The molecule has 0 aromatic heterocycles. The average molecular weight is 469 g/mol. The second-order valence-electron chi connectivity index (χ2n) is 6.76. The van der Waals surface area contributed by atoms with E-state index < -0.39 is 33.4 Å². The third kappa shape index (κ3) is 5.71. The molecule has 33 heavy (non-hydrogen) atoms. The molecule has 0 aliphatic rings. The summed E-state index contributed by atoms with van der Waals surface area (Å²) >= 11 is 0. The van der Waals surface area contributed by atoms with Gasteiger partial charge in [0.2, 0.25) is 0 Å². The molecule has 0 bridgehead atoms. The van der Waals surface area contributed by atoms with Crippen LogP contribution in [0, 0.1) is 10.1 Å². The highest BCUT2D eigenvalue weighted by Crippen LogP contribution is 2.22. The zero-order chi connectivity index (χ0) is 24.0. The first-order valence-electron chi connectivity index (χ1n) is 9.54. The van der Waals surface area contributed by atoms with Crippen molar-refractivity contribution in [2.75, 3.05) is 23.3 Å². The Balaban J connectivity index is 1.60. The third-order valence-corrected chi connectivity index (χ3v) is 6.34. The maximum absolute atomic E-state index is 12.8. The molecule has 1 N–H and O–H groups in total. The summed E-state index contributed by atoms with van der Waals surface area (Å²) in [5, 5.41) is 13.2. The molecule has 170 valence electrons. The minimum absolute atomic E-state index is 0.0196. The predicted octanol–water partition coefficient (Wildman–Crippen LogP) is 3.22. The number of rotatable bonds is 8. The molecule has 0 heterocycles. The molecule has 0 fully saturated rings. The molecule has 0 spiro atoms. The van der Waals surface area contributed by atoms with Gasteiger partial charge in [-0.15, -0.1) is 0 Å². The Labute approximate surface area is 189 Å². The van der Waals surface area contributed by atoms with Crippen LogP contribution >= 0.6 is 0 Å². The van der Waals surface area contributed by atoms with Crippen molar-refractivity contribution in [2.24, 2.45) is 0 Å². The van der Waals surface area contributed by atoms with Crippen molar-refractivity contribution in [1.82, 2.24) is 0 Å². The number of hydrogen-bond acceptors (Lipinski definition) is 7. The molecular formula is C22H19N3O7S. The monoisotopic (exact) mass is 469 g/mol. The number of nitrogens with one attached hydrogen (secondary N) is 1. The molecule has 0 saturated heterocycles. The lowest BCUT2D eigenvalue weighted by atomic mass is 10.2. The largest absolute Gasteiger partial charge is 0.452 e. The number of esters is 1. The standard InChI is InChI=1S/C22H19N3O7S/c1-24(18-7-3-2-4-8-18)33(30,31)20-12-10-16(11-13-20)22(27)32-15-21(26)23-17-6-5-9-19(14-17)25(28)29/h2-14H,15H2,1H3,(H,23,26). The van der Waals surface area contributed by atoms with Crippen LogP contribution in [0.3, 0.4) is 0 Å². The minimum Gasteiger partial charge on any atom is -0.452 e. The fourth-order valence-electron chi connectivity index (χ4n) is 2.81. The molecule has 0 atom stereocenters. The van der Waals surface area contributed by atoms with Crippen LogP contribution in [0.5, 0.6) is 0 Å². The third-order valence-electron chi connectivity index (χ3n) is 4.54. The van der Waals surface area contributed by atoms with Crippen molar-refractivity contribution in [3.8, 4) is 0 Å². The van der Waals surface area contributed by atoms with Crippen LogP contribution in [-0.2, 0) is 19.6 Å². The topological polar surface area (TPSA) is 136 Å². The number of nitro benzene ring substituents is 1. The lowest BCUT2D eigenvalue weighted by Crippen LogP contribution is -2.26. The fourth-order valence-corrected chi connectivity index (χ4v) is 4.00. The number of carbonyl (C=O) groups excluding carboxylic acids is 2. The highest BCUT2D eigenvalue weighted by atomic mass is 32.2. The van der Waals surface area contributed by atoms with Gasteiger partial charge in [0.25, 0.3) is 21.6 Å². The molecule has 0 saturated carbocycles. The van der Waals surface area contributed by atoms with Crippen molar-refractivity contribution < 1.29 is 27.7 Å². The zero-order valence-corrected chi connectivity index (χ0v) is 18.2. The number of benzene rings is 3. The highest BCUT2D eigenvalue weighted by Gasteiger charge is 2.22. The number of sulfonamides is 1. The van der Waals surface area contributed by atoms with E-state index in [1.54, 1.807) is 30.3 Å². The molecule has 0 aliphatic heterocycles. The normalized spacial score (nSPS) is 10.8. The van der Waals surface area contributed by atoms with Gasteiger partial charge < -0.3 is 10.1 Å². The number of nitrogens with zero attached hydrogens (tertiary/aromatic N) is 2. The number of hydrogen-bond donors (Lipinski definition) is 1.